The minimum Gasteiger partial charge on any atom is -0.313 e. The molecule has 2 heteroatoms. The van der Waals surface area contributed by atoms with Gasteiger partial charge in [0.15, 0.2) is 0 Å². The summed E-state index contributed by atoms with van der Waals surface area (Å²) in [4.78, 5) is 2.43. The molecule has 0 radical (unpaired) electrons. The van der Waals surface area contributed by atoms with Crippen LogP contribution < -0.4 is 5.73 Å². The predicted octanol–water partition coefficient (Wildman–Crippen LogP) is 4.18. The van der Waals surface area contributed by atoms with Crippen LogP contribution in [0.5, 0.6) is 0 Å². The van der Waals surface area contributed by atoms with E-state index in [1.54, 1.807) is 0 Å². The maximum Gasteiger partial charge on any atom is 0.0699 e. The fourth-order valence-corrected chi connectivity index (χ4v) is 3.11. The molecule has 0 saturated heterocycles. The van der Waals surface area contributed by atoms with Gasteiger partial charge in [-0.05, 0) is 49.2 Å². The molecule has 0 spiro atoms. The van der Waals surface area contributed by atoms with Crippen molar-refractivity contribution in [2.75, 3.05) is 13.1 Å². The number of benzene rings is 2. The Morgan fingerprint density at radius 1 is 0.952 bits per heavy atom. The SMILES string of the molecule is CCCN(CCC)C(C)(N)Cc1cccc2ccccc12. The van der Waals surface area contributed by atoms with E-state index >= 15 is 0 Å². The molecule has 0 fully saturated rings. The van der Waals surface area contributed by atoms with Gasteiger partial charge in [0.1, 0.15) is 0 Å². The molecule has 114 valence electrons. The summed E-state index contributed by atoms with van der Waals surface area (Å²) in [7, 11) is 0. The molecule has 0 aliphatic carbocycles. The molecule has 2 aromatic rings. The lowest BCUT2D eigenvalue weighted by molar-refractivity contribution is 0.109. The minimum atomic E-state index is -0.295. The molecule has 2 N–H and O–H groups in total. The molecule has 0 heterocycles. The van der Waals surface area contributed by atoms with Crippen LogP contribution in [-0.2, 0) is 6.42 Å². The van der Waals surface area contributed by atoms with Crippen molar-refractivity contribution in [2.24, 2.45) is 5.73 Å². The van der Waals surface area contributed by atoms with Crippen molar-refractivity contribution in [3.63, 3.8) is 0 Å². The summed E-state index contributed by atoms with van der Waals surface area (Å²) in [6, 6.07) is 15.1. The first-order valence-electron chi connectivity index (χ1n) is 8.09. The third kappa shape index (κ3) is 3.84. The van der Waals surface area contributed by atoms with E-state index in [2.05, 4.69) is 68.1 Å². The molecule has 0 aliphatic heterocycles. The summed E-state index contributed by atoms with van der Waals surface area (Å²) in [6.45, 7) is 8.73. The van der Waals surface area contributed by atoms with Crippen LogP contribution in [0.15, 0.2) is 42.5 Å². The highest BCUT2D eigenvalue weighted by Crippen LogP contribution is 2.24. The van der Waals surface area contributed by atoms with E-state index in [1.165, 1.54) is 16.3 Å². The summed E-state index contributed by atoms with van der Waals surface area (Å²) >= 11 is 0. The van der Waals surface area contributed by atoms with Gasteiger partial charge >= 0.3 is 0 Å². The maximum atomic E-state index is 6.68. The van der Waals surface area contributed by atoms with E-state index in [1.807, 2.05) is 0 Å². The zero-order chi connectivity index (χ0) is 15.3. The number of rotatable bonds is 7. The van der Waals surface area contributed by atoms with Crippen molar-refractivity contribution in [1.29, 1.82) is 0 Å². The van der Waals surface area contributed by atoms with E-state index in [4.69, 9.17) is 5.73 Å². The smallest absolute Gasteiger partial charge is 0.0699 e. The molecule has 21 heavy (non-hydrogen) atoms. The Labute approximate surface area is 128 Å². The quantitative estimate of drug-likeness (QED) is 0.773. The van der Waals surface area contributed by atoms with Gasteiger partial charge in [-0.25, -0.2) is 0 Å². The molecular formula is C19H28N2. The van der Waals surface area contributed by atoms with Crippen molar-refractivity contribution in [3.05, 3.63) is 48.0 Å². The van der Waals surface area contributed by atoms with Gasteiger partial charge in [-0.1, -0.05) is 56.3 Å². The zero-order valence-electron chi connectivity index (χ0n) is 13.6. The van der Waals surface area contributed by atoms with Crippen molar-refractivity contribution in [3.8, 4) is 0 Å². The summed E-state index contributed by atoms with van der Waals surface area (Å²) in [5, 5.41) is 2.62. The van der Waals surface area contributed by atoms with Crippen LogP contribution in [0.1, 0.15) is 39.2 Å². The van der Waals surface area contributed by atoms with Crippen LogP contribution in [0.2, 0.25) is 0 Å². The highest BCUT2D eigenvalue weighted by molar-refractivity contribution is 5.85. The number of hydrogen-bond acceptors (Lipinski definition) is 2. The van der Waals surface area contributed by atoms with Crippen LogP contribution in [0.25, 0.3) is 10.8 Å². The monoisotopic (exact) mass is 284 g/mol. The average molecular weight is 284 g/mol. The molecule has 1 unspecified atom stereocenters. The third-order valence-electron chi connectivity index (χ3n) is 4.14. The van der Waals surface area contributed by atoms with E-state index in [-0.39, 0.29) is 5.66 Å². The first kappa shape index (κ1) is 16.0. The second-order valence-electron chi connectivity index (χ2n) is 6.16. The van der Waals surface area contributed by atoms with E-state index in [0.29, 0.717) is 0 Å². The Morgan fingerprint density at radius 3 is 2.24 bits per heavy atom. The van der Waals surface area contributed by atoms with Crippen molar-refractivity contribution in [2.45, 2.75) is 45.7 Å². The standard InChI is InChI=1S/C19H28N2/c1-4-13-21(14-5-2)19(3,20)15-17-11-8-10-16-9-6-7-12-18(16)17/h6-12H,4-5,13-15,20H2,1-3H3. The molecular weight excluding hydrogens is 256 g/mol. The van der Waals surface area contributed by atoms with Gasteiger partial charge < -0.3 is 5.73 Å². The lowest BCUT2D eigenvalue weighted by Crippen LogP contribution is -2.55. The molecule has 0 aliphatic rings. The highest BCUT2D eigenvalue weighted by atomic mass is 15.3. The van der Waals surface area contributed by atoms with Gasteiger partial charge in [0, 0.05) is 6.42 Å². The van der Waals surface area contributed by atoms with E-state index in [9.17, 15) is 0 Å². The van der Waals surface area contributed by atoms with Crippen molar-refractivity contribution < 1.29 is 0 Å². The molecule has 2 aromatic carbocycles. The molecule has 2 nitrogen and oxygen atoms in total. The molecule has 0 aromatic heterocycles. The lowest BCUT2D eigenvalue weighted by Gasteiger charge is -2.38. The van der Waals surface area contributed by atoms with Gasteiger partial charge in [0.25, 0.3) is 0 Å². The largest absolute Gasteiger partial charge is 0.313 e. The lowest BCUT2D eigenvalue weighted by atomic mass is 9.95. The third-order valence-corrected chi connectivity index (χ3v) is 4.14. The maximum absolute atomic E-state index is 6.68. The minimum absolute atomic E-state index is 0.295. The van der Waals surface area contributed by atoms with Crippen LogP contribution in [0.4, 0.5) is 0 Å². The summed E-state index contributed by atoms with van der Waals surface area (Å²) in [5.41, 5.74) is 7.73. The number of nitrogens with two attached hydrogens (primary N) is 1. The highest BCUT2D eigenvalue weighted by Gasteiger charge is 2.26. The number of nitrogens with zero attached hydrogens (tertiary/aromatic N) is 1. The molecule has 0 amide bonds. The van der Waals surface area contributed by atoms with Crippen LogP contribution in [0, 0.1) is 0 Å². The van der Waals surface area contributed by atoms with Gasteiger partial charge in [0.2, 0.25) is 0 Å². The second-order valence-corrected chi connectivity index (χ2v) is 6.16. The normalized spacial score (nSPS) is 14.5. The Hall–Kier alpha value is -1.38. The molecule has 0 bridgehead atoms. The summed E-state index contributed by atoms with van der Waals surface area (Å²) in [6.07, 6.45) is 3.17. The van der Waals surface area contributed by atoms with Crippen LogP contribution in [-0.4, -0.2) is 23.7 Å². The van der Waals surface area contributed by atoms with Crippen LogP contribution in [0.3, 0.4) is 0 Å². The molecule has 0 saturated carbocycles. The predicted molar refractivity (Wildman–Crippen MR) is 92.4 cm³/mol. The average Bonchev–Trinajstić information content (AvgIpc) is 2.47. The zero-order valence-corrected chi connectivity index (χ0v) is 13.6. The Morgan fingerprint density at radius 2 is 1.57 bits per heavy atom. The first-order valence-corrected chi connectivity index (χ1v) is 8.09. The van der Waals surface area contributed by atoms with Gasteiger partial charge in [0.05, 0.1) is 5.66 Å². The van der Waals surface area contributed by atoms with E-state index < -0.39 is 0 Å². The first-order chi connectivity index (χ1) is 10.1. The Kier molecular flexibility index (Phi) is 5.38. The summed E-state index contributed by atoms with van der Waals surface area (Å²) in [5.74, 6) is 0. The van der Waals surface area contributed by atoms with E-state index in [0.717, 1.165) is 32.4 Å². The van der Waals surface area contributed by atoms with Gasteiger partial charge in [-0.15, -0.1) is 0 Å². The van der Waals surface area contributed by atoms with Gasteiger partial charge in [-0.2, -0.15) is 0 Å². The topological polar surface area (TPSA) is 29.3 Å². The van der Waals surface area contributed by atoms with Crippen molar-refractivity contribution in [1.82, 2.24) is 4.90 Å². The Balaban J connectivity index is 2.28. The van der Waals surface area contributed by atoms with Crippen LogP contribution >= 0.6 is 0 Å². The molecule has 1 atom stereocenters. The number of fused-ring (bicyclic) bond motifs is 1. The van der Waals surface area contributed by atoms with Gasteiger partial charge in [-0.3, -0.25) is 4.90 Å². The molecule has 2 rings (SSSR count). The Bertz CT molecular complexity index is 563. The second kappa shape index (κ2) is 7.06. The fraction of sp³-hybridized carbons (Fsp3) is 0.474. The number of hydrogen-bond donors (Lipinski definition) is 1. The fourth-order valence-electron chi connectivity index (χ4n) is 3.11. The van der Waals surface area contributed by atoms with Crippen molar-refractivity contribution >= 4 is 10.8 Å². The summed E-state index contributed by atoms with van der Waals surface area (Å²) < 4.78 is 0.